The predicted molar refractivity (Wildman–Crippen MR) is 110 cm³/mol. The first-order valence-corrected chi connectivity index (χ1v) is 10.7. The molecule has 2 aliphatic rings. The van der Waals surface area contributed by atoms with E-state index in [4.69, 9.17) is 0 Å². The first kappa shape index (κ1) is 19.8. The van der Waals surface area contributed by atoms with Gasteiger partial charge in [0.05, 0.1) is 6.33 Å². The molecule has 1 saturated carbocycles. The topological polar surface area (TPSA) is 82.2 Å². The van der Waals surface area contributed by atoms with Crippen LogP contribution in [0.25, 0.3) is 0 Å². The fraction of sp³-hybridized carbons (Fsp3) is 0.545. The van der Waals surface area contributed by atoms with Crippen LogP contribution in [0.5, 0.6) is 0 Å². The van der Waals surface area contributed by atoms with E-state index in [0.717, 1.165) is 37.5 Å². The van der Waals surface area contributed by atoms with Crippen LogP contribution < -0.4 is 5.56 Å². The van der Waals surface area contributed by atoms with Gasteiger partial charge in [-0.2, -0.15) is 0 Å². The molecule has 1 amide bonds. The molecular weight excluding hydrogens is 366 g/mol. The molecule has 154 valence electrons. The van der Waals surface area contributed by atoms with E-state index in [1.54, 1.807) is 17.3 Å². The lowest BCUT2D eigenvalue weighted by Gasteiger charge is -2.37. The molecule has 0 bridgehead atoms. The highest BCUT2D eigenvalue weighted by molar-refractivity contribution is 5.93. The van der Waals surface area contributed by atoms with Gasteiger partial charge in [-0.15, -0.1) is 0 Å². The molecule has 4 rings (SSSR count). The number of H-pyrrole nitrogens is 1. The average molecular weight is 396 g/mol. The molecule has 1 saturated heterocycles. The van der Waals surface area contributed by atoms with Crippen LogP contribution in [0.4, 0.5) is 0 Å². The molecule has 0 radical (unpaired) electrons. The summed E-state index contributed by atoms with van der Waals surface area (Å²) in [4.78, 5) is 40.3. The van der Waals surface area contributed by atoms with Crippen LogP contribution in [0.3, 0.4) is 0 Å². The van der Waals surface area contributed by atoms with Gasteiger partial charge in [0.1, 0.15) is 5.56 Å². The number of nitrogens with one attached hydrogen (secondary N) is 1. The number of hydrogen-bond donors (Lipinski definition) is 1. The van der Waals surface area contributed by atoms with Crippen LogP contribution >= 0.6 is 0 Å². The molecule has 2 aromatic heterocycles. The first-order valence-electron chi connectivity index (χ1n) is 10.7. The highest BCUT2D eigenvalue weighted by Crippen LogP contribution is 2.28. The number of piperidine rings is 1. The lowest BCUT2D eigenvalue weighted by molar-refractivity contribution is 0.0648. The minimum absolute atomic E-state index is 0.0970. The molecule has 29 heavy (non-hydrogen) atoms. The molecule has 1 N–H and O–H groups in total. The third kappa shape index (κ3) is 4.90. The monoisotopic (exact) mass is 395 g/mol. The van der Waals surface area contributed by atoms with Gasteiger partial charge >= 0.3 is 0 Å². The van der Waals surface area contributed by atoms with Crippen molar-refractivity contribution in [1.82, 2.24) is 24.8 Å². The number of nitrogens with zero attached hydrogens (tertiary/aromatic N) is 4. The predicted octanol–water partition coefficient (Wildman–Crippen LogP) is 2.46. The smallest absolute Gasteiger partial charge is 0.263 e. The van der Waals surface area contributed by atoms with Gasteiger partial charge in [-0.25, -0.2) is 4.98 Å². The van der Waals surface area contributed by atoms with Gasteiger partial charge < -0.3 is 14.8 Å². The standard InChI is InChI=1S/C22H29N5O2/c28-21-20(13-24-16-25-21)22(29)27(15-18-4-3-9-23-12-18)14-17-7-10-26(11-8-17)19-5-1-2-6-19/h3-4,9,12-13,16-17,19H,1-2,5-8,10-11,14-15H2,(H,24,25,28). The molecule has 0 spiro atoms. The van der Waals surface area contributed by atoms with E-state index in [2.05, 4.69) is 19.9 Å². The van der Waals surface area contributed by atoms with E-state index >= 15 is 0 Å². The van der Waals surface area contributed by atoms with Gasteiger partial charge in [0.2, 0.25) is 0 Å². The van der Waals surface area contributed by atoms with E-state index in [-0.39, 0.29) is 11.5 Å². The molecule has 0 aromatic carbocycles. The third-order valence-electron chi connectivity index (χ3n) is 6.30. The molecule has 0 unspecified atom stereocenters. The summed E-state index contributed by atoms with van der Waals surface area (Å²) in [6.07, 6.45) is 13.7. The minimum Gasteiger partial charge on any atom is -0.334 e. The molecular formula is C22H29N5O2. The number of aromatic nitrogens is 3. The Balaban J connectivity index is 1.45. The Hall–Kier alpha value is -2.54. The van der Waals surface area contributed by atoms with E-state index < -0.39 is 5.56 Å². The summed E-state index contributed by atoms with van der Waals surface area (Å²) in [5, 5.41) is 0. The summed E-state index contributed by atoms with van der Waals surface area (Å²) >= 11 is 0. The fourth-order valence-electron chi connectivity index (χ4n) is 4.68. The molecule has 0 atom stereocenters. The van der Waals surface area contributed by atoms with Crippen molar-refractivity contribution in [3.05, 3.63) is 58.5 Å². The number of hydrogen-bond acceptors (Lipinski definition) is 5. The van der Waals surface area contributed by atoms with Gasteiger partial charge in [0, 0.05) is 37.7 Å². The van der Waals surface area contributed by atoms with Crippen molar-refractivity contribution in [1.29, 1.82) is 0 Å². The summed E-state index contributed by atoms with van der Waals surface area (Å²) in [6, 6.07) is 4.59. The number of rotatable bonds is 6. The van der Waals surface area contributed by atoms with Gasteiger partial charge in [-0.3, -0.25) is 14.6 Å². The van der Waals surface area contributed by atoms with E-state index in [1.165, 1.54) is 38.2 Å². The zero-order valence-electron chi connectivity index (χ0n) is 16.8. The lowest BCUT2D eigenvalue weighted by atomic mass is 9.94. The molecule has 7 heteroatoms. The largest absolute Gasteiger partial charge is 0.334 e. The first-order chi connectivity index (χ1) is 14.2. The summed E-state index contributed by atoms with van der Waals surface area (Å²) in [7, 11) is 0. The van der Waals surface area contributed by atoms with Gasteiger partial charge in [0.15, 0.2) is 0 Å². The third-order valence-corrected chi connectivity index (χ3v) is 6.30. The minimum atomic E-state index is -0.391. The highest BCUT2D eigenvalue weighted by Gasteiger charge is 2.29. The second kappa shape index (κ2) is 9.31. The van der Waals surface area contributed by atoms with Crippen LogP contribution in [-0.2, 0) is 6.54 Å². The van der Waals surface area contributed by atoms with Crippen LogP contribution in [0.2, 0.25) is 0 Å². The van der Waals surface area contributed by atoms with E-state index in [0.29, 0.717) is 19.0 Å². The van der Waals surface area contributed by atoms with Gasteiger partial charge in [-0.05, 0) is 56.3 Å². The van der Waals surface area contributed by atoms with Crippen molar-refractivity contribution >= 4 is 5.91 Å². The van der Waals surface area contributed by atoms with Crippen LogP contribution in [0.15, 0.2) is 41.8 Å². The number of amides is 1. The Morgan fingerprint density at radius 3 is 2.62 bits per heavy atom. The maximum absolute atomic E-state index is 13.2. The van der Waals surface area contributed by atoms with Crippen molar-refractivity contribution in [3.63, 3.8) is 0 Å². The number of likely N-dealkylation sites (tertiary alicyclic amines) is 1. The Morgan fingerprint density at radius 1 is 1.14 bits per heavy atom. The molecule has 1 aliphatic heterocycles. The number of aromatic amines is 1. The summed E-state index contributed by atoms with van der Waals surface area (Å²) in [5.41, 5.74) is 0.668. The van der Waals surface area contributed by atoms with Crippen LogP contribution in [0, 0.1) is 5.92 Å². The summed E-state index contributed by atoms with van der Waals surface area (Å²) in [6.45, 7) is 3.32. The zero-order chi connectivity index (χ0) is 20.1. The Kier molecular flexibility index (Phi) is 6.34. The van der Waals surface area contributed by atoms with E-state index in [1.807, 2.05) is 12.1 Å². The molecule has 7 nitrogen and oxygen atoms in total. The second-order valence-corrected chi connectivity index (χ2v) is 8.26. The van der Waals surface area contributed by atoms with Crippen molar-refractivity contribution in [3.8, 4) is 0 Å². The highest BCUT2D eigenvalue weighted by atomic mass is 16.2. The zero-order valence-corrected chi connectivity index (χ0v) is 16.8. The Morgan fingerprint density at radius 2 is 1.93 bits per heavy atom. The van der Waals surface area contributed by atoms with Crippen molar-refractivity contribution < 1.29 is 4.79 Å². The quantitative estimate of drug-likeness (QED) is 0.812. The maximum atomic E-state index is 13.2. The normalized spacial score (nSPS) is 18.8. The fourth-order valence-corrected chi connectivity index (χ4v) is 4.68. The summed E-state index contributed by atoms with van der Waals surface area (Å²) < 4.78 is 0. The van der Waals surface area contributed by atoms with Crippen molar-refractivity contribution in [2.24, 2.45) is 5.92 Å². The maximum Gasteiger partial charge on any atom is 0.263 e. The van der Waals surface area contributed by atoms with E-state index in [9.17, 15) is 9.59 Å². The van der Waals surface area contributed by atoms with Gasteiger partial charge in [0.25, 0.3) is 11.5 Å². The number of carbonyl (C=O) groups is 1. The molecule has 2 aromatic rings. The summed E-state index contributed by atoms with van der Waals surface area (Å²) in [5.74, 6) is 0.186. The molecule has 2 fully saturated rings. The average Bonchev–Trinajstić information content (AvgIpc) is 3.29. The number of pyridine rings is 1. The molecule has 3 heterocycles. The number of carbonyl (C=O) groups excluding carboxylic acids is 1. The van der Waals surface area contributed by atoms with Crippen LogP contribution in [0.1, 0.15) is 54.4 Å². The van der Waals surface area contributed by atoms with Crippen molar-refractivity contribution in [2.45, 2.75) is 51.1 Å². The van der Waals surface area contributed by atoms with Gasteiger partial charge in [-0.1, -0.05) is 18.9 Å². The van der Waals surface area contributed by atoms with Crippen molar-refractivity contribution in [2.75, 3.05) is 19.6 Å². The Bertz CT molecular complexity index is 855. The second-order valence-electron chi connectivity index (χ2n) is 8.26. The molecule has 1 aliphatic carbocycles. The lowest BCUT2D eigenvalue weighted by Crippen LogP contribution is -2.44. The van der Waals surface area contributed by atoms with Crippen LogP contribution in [-0.4, -0.2) is 56.3 Å². The SMILES string of the molecule is O=C(c1cnc[nH]c1=O)N(Cc1cccnc1)CC1CCN(C2CCCC2)CC1. The Labute approximate surface area is 171 Å².